The normalized spacial score (nSPS) is 26.4. The number of hydrogen-bond acceptors (Lipinski definition) is 1. The first-order valence-electron chi connectivity index (χ1n) is 4.99. The smallest absolute Gasteiger partial charge is 0.145 e. The van der Waals surface area contributed by atoms with Crippen molar-refractivity contribution in [2.75, 3.05) is 0 Å². The molecule has 1 rings (SSSR count). The van der Waals surface area contributed by atoms with E-state index >= 15 is 0 Å². The van der Waals surface area contributed by atoms with Crippen molar-refractivity contribution < 1.29 is 5.11 Å². The van der Waals surface area contributed by atoms with E-state index in [0.29, 0.717) is 23.4 Å². The molecule has 1 nitrogen and oxygen atoms in total. The lowest BCUT2D eigenvalue weighted by Crippen LogP contribution is -2.13. The summed E-state index contributed by atoms with van der Waals surface area (Å²) < 4.78 is 0. The molecule has 0 spiro atoms. The molecule has 0 aromatic heterocycles. The molecule has 0 aromatic rings. The van der Waals surface area contributed by atoms with Gasteiger partial charge in [-0.15, -0.1) is 5.98 Å². The second-order valence-corrected chi connectivity index (χ2v) is 4.17. The molecule has 0 saturated heterocycles. The molecule has 0 amide bonds. The van der Waals surface area contributed by atoms with Gasteiger partial charge in [-0.1, -0.05) is 38.2 Å². The third kappa shape index (κ3) is 2.94. The largest absolute Gasteiger partial charge is 0.513 e. The number of aliphatic hydroxyl groups excluding tert-OH is 1. The van der Waals surface area contributed by atoms with Gasteiger partial charge < -0.3 is 5.11 Å². The minimum absolute atomic E-state index is 0.308. The van der Waals surface area contributed by atoms with E-state index in [-0.39, 0.29) is 0 Å². The molecule has 1 aliphatic rings. The number of rotatable bonds is 4. The molecule has 1 N–H and O–H groups in total. The number of aliphatic hydroxyl groups is 1. The highest BCUT2D eigenvalue weighted by molar-refractivity contribution is 6.45. The van der Waals surface area contributed by atoms with Crippen LogP contribution in [0.3, 0.4) is 0 Å². The lowest BCUT2D eigenvalue weighted by Gasteiger charge is -2.22. The predicted octanol–water partition coefficient (Wildman–Crippen LogP) is 3.13. The van der Waals surface area contributed by atoms with Crippen LogP contribution < -0.4 is 0 Å². The van der Waals surface area contributed by atoms with Gasteiger partial charge in [0.15, 0.2) is 0 Å². The van der Waals surface area contributed by atoms with Gasteiger partial charge in [0.05, 0.1) is 5.76 Å². The van der Waals surface area contributed by atoms with Crippen LogP contribution in [0.25, 0.3) is 0 Å². The van der Waals surface area contributed by atoms with E-state index in [1.807, 2.05) is 0 Å². The second-order valence-electron chi connectivity index (χ2n) is 4.17. The van der Waals surface area contributed by atoms with Crippen LogP contribution in [0, 0.1) is 11.8 Å². The quantitative estimate of drug-likeness (QED) is 0.516. The molecule has 2 heteroatoms. The average molecular weight is 177 g/mol. The van der Waals surface area contributed by atoms with Gasteiger partial charge in [0.1, 0.15) is 7.28 Å². The van der Waals surface area contributed by atoms with Crippen molar-refractivity contribution in [3.05, 3.63) is 24.4 Å². The van der Waals surface area contributed by atoms with Gasteiger partial charge in [-0.3, -0.25) is 0 Å². The summed E-state index contributed by atoms with van der Waals surface area (Å²) in [6, 6.07) is 0. The lowest BCUT2D eigenvalue weighted by molar-refractivity contribution is 0.364. The van der Waals surface area contributed by atoms with Crippen molar-refractivity contribution in [1.82, 2.24) is 0 Å². The standard InChI is InChI=1S/C11H18BO/c1-8(2)11-10(6-7-12-11)5-4-9(3)13/h6-8,10-11,13H,3-5H2,1-2H3. The van der Waals surface area contributed by atoms with Crippen molar-refractivity contribution in [3.63, 3.8) is 0 Å². The van der Waals surface area contributed by atoms with Crippen LogP contribution in [0.15, 0.2) is 24.4 Å². The Bertz CT molecular complexity index is 208. The van der Waals surface area contributed by atoms with Crippen molar-refractivity contribution >= 4 is 7.28 Å². The molecule has 0 fully saturated rings. The molecule has 13 heavy (non-hydrogen) atoms. The molecule has 71 valence electrons. The van der Waals surface area contributed by atoms with Crippen molar-refractivity contribution in [1.29, 1.82) is 0 Å². The third-order valence-electron chi connectivity index (χ3n) is 2.72. The molecule has 2 unspecified atom stereocenters. The van der Waals surface area contributed by atoms with Gasteiger partial charge in [0, 0.05) is 6.42 Å². The van der Waals surface area contributed by atoms with E-state index in [1.54, 1.807) is 0 Å². The summed E-state index contributed by atoms with van der Waals surface area (Å²) >= 11 is 0. The SMILES string of the molecule is C=C(O)CCC1C=C[B]C1C(C)C. The molecular weight excluding hydrogens is 159 g/mol. The number of hydrogen-bond donors (Lipinski definition) is 1. The fourth-order valence-corrected chi connectivity index (χ4v) is 1.94. The Morgan fingerprint density at radius 2 is 2.31 bits per heavy atom. The minimum Gasteiger partial charge on any atom is -0.513 e. The summed E-state index contributed by atoms with van der Waals surface area (Å²) in [6.45, 7) is 8.00. The predicted molar refractivity (Wildman–Crippen MR) is 58.0 cm³/mol. The highest BCUT2D eigenvalue weighted by Crippen LogP contribution is 2.35. The first kappa shape index (κ1) is 10.4. The maximum atomic E-state index is 9.01. The van der Waals surface area contributed by atoms with E-state index in [0.717, 1.165) is 12.8 Å². The summed E-state index contributed by atoms with van der Waals surface area (Å²) in [5.41, 5.74) is 0. The number of allylic oxidation sites excluding steroid dienone is 2. The molecule has 1 heterocycles. The zero-order valence-corrected chi connectivity index (χ0v) is 8.53. The summed E-state index contributed by atoms with van der Waals surface area (Å²) in [5.74, 6) is 4.40. The molecule has 1 radical (unpaired) electrons. The fourth-order valence-electron chi connectivity index (χ4n) is 1.94. The Kier molecular flexibility index (Phi) is 3.64. The lowest BCUT2D eigenvalue weighted by atomic mass is 9.59. The highest BCUT2D eigenvalue weighted by atomic mass is 16.3. The van der Waals surface area contributed by atoms with Crippen LogP contribution in [0.5, 0.6) is 0 Å². The summed E-state index contributed by atoms with van der Waals surface area (Å²) in [5, 5.41) is 9.01. The molecular formula is C11H18BO. The Hall–Kier alpha value is -0.655. The second kappa shape index (κ2) is 4.54. The average Bonchev–Trinajstić information content (AvgIpc) is 2.47. The van der Waals surface area contributed by atoms with Crippen LogP contribution in [0.1, 0.15) is 26.7 Å². The van der Waals surface area contributed by atoms with Gasteiger partial charge in [0.2, 0.25) is 0 Å². The van der Waals surface area contributed by atoms with E-state index in [2.05, 4.69) is 39.8 Å². The van der Waals surface area contributed by atoms with Crippen LogP contribution in [-0.4, -0.2) is 12.4 Å². The van der Waals surface area contributed by atoms with E-state index < -0.39 is 0 Å². The van der Waals surface area contributed by atoms with Gasteiger partial charge in [-0.05, 0) is 12.3 Å². The highest BCUT2D eigenvalue weighted by Gasteiger charge is 2.25. The topological polar surface area (TPSA) is 20.2 Å². The van der Waals surface area contributed by atoms with Crippen LogP contribution >= 0.6 is 0 Å². The first-order chi connectivity index (χ1) is 6.11. The van der Waals surface area contributed by atoms with Crippen LogP contribution in [0.4, 0.5) is 0 Å². The van der Waals surface area contributed by atoms with Gasteiger partial charge in [-0.2, -0.15) is 0 Å². The maximum Gasteiger partial charge on any atom is 0.145 e. The third-order valence-corrected chi connectivity index (χ3v) is 2.72. The Morgan fingerprint density at radius 1 is 1.62 bits per heavy atom. The Morgan fingerprint density at radius 3 is 2.85 bits per heavy atom. The van der Waals surface area contributed by atoms with E-state index in [4.69, 9.17) is 5.11 Å². The monoisotopic (exact) mass is 177 g/mol. The molecule has 0 bridgehead atoms. The van der Waals surface area contributed by atoms with Crippen LogP contribution in [-0.2, 0) is 0 Å². The summed E-state index contributed by atoms with van der Waals surface area (Å²) in [7, 11) is 2.27. The molecule has 0 aliphatic carbocycles. The first-order valence-corrected chi connectivity index (χ1v) is 4.99. The van der Waals surface area contributed by atoms with E-state index in [1.165, 1.54) is 0 Å². The molecule has 0 saturated carbocycles. The fraction of sp³-hybridized carbons (Fsp3) is 0.636. The Balaban J connectivity index is 2.39. The summed E-state index contributed by atoms with van der Waals surface area (Å²) in [4.78, 5) is 0. The van der Waals surface area contributed by atoms with Crippen molar-refractivity contribution in [2.45, 2.75) is 32.5 Å². The van der Waals surface area contributed by atoms with Crippen LogP contribution in [0.2, 0.25) is 5.82 Å². The minimum atomic E-state index is 0.308. The maximum absolute atomic E-state index is 9.01. The van der Waals surface area contributed by atoms with Gasteiger partial charge in [0.25, 0.3) is 0 Å². The van der Waals surface area contributed by atoms with Gasteiger partial charge in [-0.25, -0.2) is 0 Å². The zero-order valence-electron chi connectivity index (χ0n) is 8.53. The van der Waals surface area contributed by atoms with Crippen molar-refractivity contribution in [2.24, 2.45) is 11.8 Å². The van der Waals surface area contributed by atoms with Gasteiger partial charge >= 0.3 is 0 Å². The molecule has 2 atom stereocenters. The summed E-state index contributed by atoms with van der Waals surface area (Å²) in [6.07, 6.45) is 3.99. The van der Waals surface area contributed by atoms with Crippen molar-refractivity contribution in [3.8, 4) is 0 Å². The molecule has 0 aromatic carbocycles. The Labute approximate surface area is 81.8 Å². The zero-order chi connectivity index (χ0) is 9.84. The molecule has 1 aliphatic heterocycles. The van der Waals surface area contributed by atoms with E-state index in [9.17, 15) is 0 Å².